The van der Waals surface area contributed by atoms with Crippen molar-refractivity contribution >= 4 is 35.6 Å². The topological polar surface area (TPSA) is 70.2 Å². The fourth-order valence-electron chi connectivity index (χ4n) is 2.97. The molecule has 1 fully saturated rings. The van der Waals surface area contributed by atoms with Crippen LogP contribution in [0.5, 0.6) is 0 Å². The van der Waals surface area contributed by atoms with Crippen LogP contribution in [0, 0.1) is 5.92 Å². The van der Waals surface area contributed by atoms with Gasteiger partial charge in [0.1, 0.15) is 0 Å². The maximum absolute atomic E-state index is 12.0. The van der Waals surface area contributed by atoms with Crippen molar-refractivity contribution in [1.29, 1.82) is 0 Å². The van der Waals surface area contributed by atoms with Crippen LogP contribution in [0.4, 0.5) is 11.4 Å². The SMILES string of the molecule is Cl.O=C(CCC1CCNC1)Nc1ccc2c(c1)NC(=O)CC2. The van der Waals surface area contributed by atoms with Crippen LogP contribution in [0.1, 0.15) is 31.2 Å². The van der Waals surface area contributed by atoms with Gasteiger partial charge < -0.3 is 16.0 Å². The van der Waals surface area contributed by atoms with E-state index in [9.17, 15) is 9.59 Å². The second kappa shape index (κ2) is 7.61. The fraction of sp³-hybridized carbons (Fsp3) is 0.500. The van der Waals surface area contributed by atoms with Gasteiger partial charge in [0.05, 0.1) is 0 Å². The van der Waals surface area contributed by atoms with Crippen molar-refractivity contribution < 1.29 is 9.59 Å². The summed E-state index contributed by atoms with van der Waals surface area (Å²) in [5, 5.41) is 9.08. The zero-order valence-electron chi connectivity index (χ0n) is 12.5. The third-order valence-electron chi connectivity index (χ3n) is 4.23. The molecule has 1 unspecified atom stereocenters. The maximum atomic E-state index is 12.0. The zero-order valence-corrected chi connectivity index (χ0v) is 13.3. The average Bonchev–Trinajstić information content (AvgIpc) is 2.98. The summed E-state index contributed by atoms with van der Waals surface area (Å²) >= 11 is 0. The summed E-state index contributed by atoms with van der Waals surface area (Å²) in [6.07, 6.45) is 3.95. The van der Waals surface area contributed by atoms with E-state index in [1.807, 2.05) is 18.2 Å². The number of carbonyl (C=O) groups excluding carboxylic acids is 2. The van der Waals surface area contributed by atoms with Gasteiger partial charge in [0.15, 0.2) is 0 Å². The molecule has 2 amide bonds. The summed E-state index contributed by atoms with van der Waals surface area (Å²) in [7, 11) is 0. The van der Waals surface area contributed by atoms with Crippen molar-refractivity contribution in [2.75, 3.05) is 23.7 Å². The highest BCUT2D eigenvalue weighted by Crippen LogP contribution is 2.26. The Balaban J connectivity index is 0.00000176. The van der Waals surface area contributed by atoms with Crippen molar-refractivity contribution in [3.63, 3.8) is 0 Å². The summed E-state index contributed by atoms with van der Waals surface area (Å²) in [4.78, 5) is 23.4. The molecule has 120 valence electrons. The molecular weight excluding hydrogens is 302 g/mol. The first-order valence-electron chi connectivity index (χ1n) is 7.64. The number of fused-ring (bicyclic) bond motifs is 1. The molecular formula is C16H22ClN3O2. The molecule has 0 radical (unpaired) electrons. The number of aryl methyl sites for hydroxylation is 1. The third-order valence-corrected chi connectivity index (χ3v) is 4.23. The highest BCUT2D eigenvalue weighted by molar-refractivity contribution is 5.96. The molecule has 2 aliphatic heterocycles. The van der Waals surface area contributed by atoms with Crippen LogP contribution >= 0.6 is 12.4 Å². The summed E-state index contributed by atoms with van der Waals surface area (Å²) in [5.41, 5.74) is 2.71. The van der Waals surface area contributed by atoms with Crippen LogP contribution in [0.15, 0.2) is 18.2 Å². The van der Waals surface area contributed by atoms with Crippen molar-refractivity contribution in [1.82, 2.24) is 5.32 Å². The second-order valence-electron chi connectivity index (χ2n) is 5.87. The smallest absolute Gasteiger partial charge is 0.224 e. The molecule has 5 nitrogen and oxygen atoms in total. The maximum Gasteiger partial charge on any atom is 0.224 e. The lowest BCUT2D eigenvalue weighted by Crippen LogP contribution is -2.19. The molecule has 1 aromatic carbocycles. The predicted octanol–water partition coefficient (Wildman–Crippen LogP) is 2.32. The van der Waals surface area contributed by atoms with Gasteiger partial charge in [-0.1, -0.05) is 6.07 Å². The summed E-state index contributed by atoms with van der Waals surface area (Å²) < 4.78 is 0. The number of carbonyl (C=O) groups is 2. The number of rotatable bonds is 4. The Kier molecular flexibility index (Phi) is 5.80. The first kappa shape index (κ1) is 16.8. The minimum Gasteiger partial charge on any atom is -0.326 e. The molecule has 0 saturated carbocycles. The number of nitrogens with one attached hydrogen (secondary N) is 3. The molecule has 0 aliphatic carbocycles. The second-order valence-corrected chi connectivity index (χ2v) is 5.87. The van der Waals surface area contributed by atoms with E-state index in [4.69, 9.17) is 0 Å². The molecule has 3 N–H and O–H groups in total. The van der Waals surface area contributed by atoms with E-state index in [-0.39, 0.29) is 24.2 Å². The molecule has 2 heterocycles. The van der Waals surface area contributed by atoms with Crippen LogP contribution in [0.3, 0.4) is 0 Å². The largest absolute Gasteiger partial charge is 0.326 e. The van der Waals surface area contributed by atoms with E-state index in [1.54, 1.807) is 0 Å². The first-order valence-corrected chi connectivity index (χ1v) is 7.64. The van der Waals surface area contributed by atoms with E-state index in [0.717, 1.165) is 49.3 Å². The van der Waals surface area contributed by atoms with Crippen LogP contribution in [0.2, 0.25) is 0 Å². The van der Waals surface area contributed by atoms with Crippen LogP contribution < -0.4 is 16.0 Å². The van der Waals surface area contributed by atoms with E-state index in [1.165, 1.54) is 0 Å². The Hall–Kier alpha value is -1.59. The van der Waals surface area contributed by atoms with Gasteiger partial charge >= 0.3 is 0 Å². The number of benzene rings is 1. The minimum atomic E-state index is 0. The average molecular weight is 324 g/mol. The van der Waals surface area contributed by atoms with Crippen LogP contribution in [0.25, 0.3) is 0 Å². The van der Waals surface area contributed by atoms with Crippen molar-refractivity contribution in [3.8, 4) is 0 Å². The summed E-state index contributed by atoms with van der Waals surface area (Å²) in [6.45, 7) is 2.09. The number of amides is 2. The van der Waals surface area contributed by atoms with Crippen molar-refractivity contribution in [2.45, 2.75) is 32.1 Å². The highest BCUT2D eigenvalue weighted by atomic mass is 35.5. The van der Waals surface area contributed by atoms with Gasteiger partial charge in [0.25, 0.3) is 0 Å². The molecule has 6 heteroatoms. The van der Waals surface area contributed by atoms with Gasteiger partial charge in [0.2, 0.25) is 11.8 Å². The molecule has 2 aliphatic rings. The zero-order chi connectivity index (χ0) is 14.7. The highest BCUT2D eigenvalue weighted by Gasteiger charge is 2.17. The van der Waals surface area contributed by atoms with Gasteiger partial charge in [-0.05, 0) is 56.0 Å². The molecule has 1 atom stereocenters. The predicted molar refractivity (Wildman–Crippen MR) is 89.5 cm³/mol. The number of halogens is 1. The Morgan fingerprint density at radius 1 is 1.32 bits per heavy atom. The van der Waals surface area contributed by atoms with Crippen LogP contribution in [-0.4, -0.2) is 24.9 Å². The summed E-state index contributed by atoms with van der Waals surface area (Å²) in [5.74, 6) is 0.710. The molecule has 0 spiro atoms. The molecule has 22 heavy (non-hydrogen) atoms. The van der Waals surface area contributed by atoms with E-state index >= 15 is 0 Å². The van der Waals surface area contributed by atoms with E-state index < -0.39 is 0 Å². The normalized spacial score (nSPS) is 19.8. The molecule has 3 rings (SSSR count). The monoisotopic (exact) mass is 323 g/mol. The molecule has 1 aromatic rings. The van der Waals surface area contributed by atoms with Gasteiger partial charge in [-0.3, -0.25) is 9.59 Å². The molecule has 1 saturated heterocycles. The number of hydrogen-bond acceptors (Lipinski definition) is 3. The van der Waals surface area contributed by atoms with Crippen molar-refractivity contribution in [3.05, 3.63) is 23.8 Å². The standard InChI is InChI=1S/C16H21N3O2.ClH/c20-15(5-1-11-7-8-17-10-11)18-13-4-2-12-3-6-16(21)19-14(12)9-13;/h2,4,9,11,17H,1,3,5-8,10H2,(H,18,20)(H,19,21);1H. The lowest BCUT2D eigenvalue weighted by molar-refractivity contribution is -0.117. The molecule has 0 aromatic heterocycles. The lowest BCUT2D eigenvalue weighted by atomic mass is 10.0. The minimum absolute atomic E-state index is 0. The van der Waals surface area contributed by atoms with Crippen molar-refractivity contribution in [2.24, 2.45) is 5.92 Å². The first-order chi connectivity index (χ1) is 10.2. The Labute approximate surface area is 136 Å². The van der Waals surface area contributed by atoms with Gasteiger partial charge in [-0.15, -0.1) is 12.4 Å². The Bertz CT molecular complexity index is 556. The summed E-state index contributed by atoms with van der Waals surface area (Å²) in [6, 6.07) is 5.73. The fourth-order valence-corrected chi connectivity index (χ4v) is 2.97. The number of anilines is 2. The third kappa shape index (κ3) is 4.21. The Morgan fingerprint density at radius 2 is 2.18 bits per heavy atom. The van der Waals surface area contributed by atoms with Gasteiger partial charge in [-0.2, -0.15) is 0 Å². The number of hydrogen-bond donors (Lipinski definition) is 3. The molecule has 0 bridgehead atoms. The van der Waals surface area contributed by atoms with E-state index in [0.29, 0.717) is 18.8 Å². The van der Waals surface area contributed by atoms with Gasteiger partial charge in [0, 0.05) is 24.2 Å². The van der Waals surface area contributed by atoms with E-state index in [2.05, 4.69) is 16.0 Å². The lowest BCUT2D eigenvalue weighted by Gasteiger charge is -2.18. The van der Waals surface area contributed by atoms with Crippen LogP contribution in [-0.2, 0) is 16.0 Å². The van der Waals surface area contributed by atoms with Gasteiger partial charge in [-0.25, -0.2) is 0 Å². The Morgan fingerprint density at radius 3 is 2.95 bits per heavy atom. The quantitative estimate of drug-likeness (QED) is 0.796.